The zero-order chi connectivity index (χ0) is 22.8. The van der Waals surface area contributed by atoms with Gasteiger partial charge in [-0.15, -0.1) is 0 Å². The van der Waals surface area contributed by atoms with Gasteiger partial charge in [-0.1, -0.05) is 49.4 Å². The molecule has 0 saturated heterocycles. The molecule has 1 heterocycles. The number of esters is 1. The van der Waals surface area contributed by atoms with E-state index in [1.54, 1.807) is 26.0 Å². The minimum atomic E-state index is -0.994. The third kappa shape index (κ3) is 7.18. The summed E-state index contributed by atoms with van der Waals surface area (Å²) in [6.07, 6.45) is 3.33. The molecule has 0 bridgehead atoms. The first kappa shape index (κ1) is 24.6. The molecule has 1 aromatic carbocycles. The van der Waals surface area contributed by atoms with Crippen LogP contribution in [0.25, 0.3) is 0 Å². The van der Waals surface area contributed by atoms with Crippen molar-refractivity contribution >= 4 is 17.8 Å². The number of carbonyl (C=O) groups is 3. The van der Waals surface area contributed by atoms with Crippen LogP contribution in [0, 0.1) is 11.8 Å². The first-order valence-corrected chi connectivity index (χ1v) is 10.5. The van der Waals surface area contributed by atoms with Gasteiger partial charge in [-0.3, -0.25) is 14.4 Å². The molecule has 0 aliphatic carbocycles. The van der Waals surface area contributed by atoms with E-state index in [-0.39, 0.29) is 31.5 Å². The lowest BCUT2D eigenvalue weighted by Crippen LogP contribution is -2.50. The van der Waals surface area contributed by atoms with Crippen molar-refractivity contribution in [2.24, 2.45) is 11.8 Å². The highest BCUT2D eigenvalue weighted by atomic mass is 16.5. The van der Waals surface area contributed by atoms with Gasteiger partial charge in [0.05, 0.1) is 25.2 Å². The topological polar surface area (TPSA) is 114 Å². The molecule has 1 aliphatic rings. The Morgan fingerprint density at radius 1 is 1.26 bits per heavy atom. The van der Waals surface area contributed by atoms with E-state index in [1.807, 2.05) is 30.3 Å². The zero-order valence-electron chi connectivity index (χ0n) is 18.2. The number of benzene rings is 1. The molecule has 170 valence electrons. The number of amides is 2. The van der Waals surface area contributed by atoms with Gasteiger partial charge in [0.25, 0.3) is 0 Å². The van der Waals surface area contributed by atoms with Gasteiger partial charge in [0, 0.05) is 13.2 Å². The second kappa shape index (κ2) is 12.2. The van der Waals surface area contributed by atoms with Crippen LogP contribution in [-0.2, 0) is 23.9 Å². The van der Waals surface area contributed by atoms with Crippen LogP contribution in [-0.4, -0.2) is 55.3 Å². The molecular weight excluding hydrogens is 400 g/mol. The molecule has 0 aromatic heterocycles. The highest BCUT2D eigenvalue weighted by molar-refractivity contribution is 6.00. The van der Waals surface area contributed by atoms with Crippen molar-refractivity contribution in [3.63, 3.8) is 0 Å². The van der Waals surface area contributed by atoms with E-state index in [0.717, 1.165) is 0 Å². The van der Waals surface area contributed by atoms with Gasteiger partial charge in [-0.25, -0.2) is 0 Å². The fourth-order valence-electron chi connectivity index (χ4n) is 3.29. The van der Waals surface area contributed by atoms with Crippen LogP contribution in [0.3, 0.4) is 0 Å². The highest BCUT2D eigenvalue weighted by Crippen LogP contribution is 2.25. The summed E-state index contributed by atoms with van der Waals surface area (Å²) >= 11 is 0. The van der Waals surface area contributed by atoms with Crippen LogP contribution in [0.2, 0.25) is 0 Å². The molecule has 0 saturated carbocycles. The van der Waals surface area contributed by atoms with Crippen molar-refractivity contribution in [1.82, 2.24) is 10.6 Å². The number of cyclic esters (lactones) is 1. The number of methoxy groups -OCH3 is 1. The Hall–Kier alpha value is -2.71. The van der Waals surface area contributed by atoms with Crippen molar-refractivity contribution in [3.8, 4) is 0 Å². The number of hydrogen-bond acceptors (Lipinski definition) is 6. The van der Waals surface area contributed by atoms with Crippen molar-refractivity contribution in [2.75, 3.05) is 20.3 Å². The quantitative estimate of drug-likeness (QED) is 0.357. The van der Waals surface area contributed by atoms with Gasteiger partial charge in [-0.05, 0) is 25.3 Å². The van der Waals surface area contributed by atoms with E-state index < -0.39 is 35.9 Å². The summed E-state index contributed by atoms with van der Waals surface area (Å²) in [6, 6.07) is 7.96. The smallest absolute Gasteiger partial charge is 0.309 e. The number of ether oxygens (including phenoxy) is 2. The summed E-state index contributed by atoms with van der Waals surface area (Å²) < 4.78 is 11.1. The predicted octanol–water partition coefficient (Wildman–Crippen LogP) is 1.50. The lowest BCUT2D eigenvalue weighted by atomic mass is 9.97. The van der Waals surface area contributed by atoms with E-state index in [1.165, 1.54) is 7.11 Å². The third-order valence-corrected chi connectivity index (χ3v) is 5.14. The monoisotopic (exact) mass is 432 g/mol. The summed E-state index contributed by atoms with van der Waals surface area (Å²) in [7, 11) is 1.49. The summed E-state index contributed by atoms with van der Waals surface area (Å²) in [5.74, 6) is -2.73. The van der Waals surface area contributed by atoms with Crippen LogP contribution in [0.1, 0.15) is 38.4 Å². The third-order valence-electron chi connectivity index (χ3n) is 5.14. The van der Waals surface area contributed by atoms with Crippen LogP contribution < -0.4 is 10.6 Å². The first-order valence-electron chi connectivity index (χ1n) is 10.5. The Kier molecular flexibility index (Phi) is 9.68. The molecule has 0 fully saturated rings. The maximum Gasteiger partial charge on any atom is 0.309 e. The Balaban J connectivity index is 2.39. The summed E-state index contributed by atoms with van der Waals surface area (Å²) in [5, 5.41) is 14.7. The molecule has 2 rings (SSSR count). The van der Waals surface area contributed by atoms with E-state index in [2.05, 4.69) is 10.6 Å². The number of nitrogens with one attached hydrogen (secondary N) is 2. The van der Waals surface area contributed by atoms with Crippen LogP contribution in [0.15, 0.2) is 42.5 Å². The normalized spacial score (nSPS) is 26.1. The maximum absolute atomic E-state index is 13.1. The van der Waals surface area contributed by atoms with Crippen molar-refractivity contribution in [2.45, 2.75) is 44.9 Å². The van der Waals surface area contributed by atoms with Gasteiger partial charge >= 0.3 is 5.97 Å². The summed E-state index contributed by atoms with van der Waals surface area (Å²) in [5.41, 5.74) is 0.716. The minimum absolute atomic E-state index is 0.0875. The fourth-order valence-corrected chi connectivity index (χ4v) is 3.29. The van der Waals surface area contributed by atoms with E-state index >= 15 is 0 Å². The molecule has 0 spiro atoms. The number of rotatable bonds is 6. The Morgan fingerprint density at radius 3 is 2.58 bits per heavy atom. The van der Waals surface area contributed by atoms with Crippen molar-refractivity contribution in [3.05, 3.63) is 48.0 Å². The second-order valence-electron chi connectivity index (χ2n) is 7.83. The molecule has 0 radical (unpaired) electrons. The average Bonchev–Trinajstić information content (AvgIpc) is 2.76. The predicted molar refractivity (Wildman–Crippen MR) is 115 cm³/mol. The number of aliphatic hydroxyl groups is 1. The van der Waals surface area contributed by atoms with Gasteiger partial charge in [0.2, 0.25) is 11.8 Å². The van der Waals surface area contributed by atoms with Crippen LogP contribution in [0.4, 0.5) is 0 Å². The number of carbonyl (C=O) groups excluding carboxylic acids is 3. The molecule has 1 aromatic rings. The lowest BCUT2D eigenvalue weighted by Gasteiger charge is -2.30. The Bertz CT molecular complexity index is 767. The Morgan fingerprint density at radius 2 is 1.94 bits per heavy atom. The van der Waals surface area contributed by atoms with Crippen LogP contribution in [0.5, 0.6) is 0 Å². The zero-order valence-corrected chi connectivity index (χ0v) is 18.2. The maximum atomic E-state index is 13.1. The minimum Gasteiger partial charge on any atom is -0.455 e. The molecule has 31 heavy (non-hydrogen) atoms. The number of aliphatic hydroxyl groups excluding tert-OH is 1. The molecule has 2 amide bonds. The van der Waals surface area contributed by atoms with E-state index in [9.17, 15) is 19.5 Å². The molecule has 8 nitrogen and oxygen atoms in total. The summed E-state index contributed by atoms with van der Waals surface area (Å²) in [4.78, 5) is 38.5. The van der Waals surface area contributed by atoms with Gasteiger partial charge in [0.1, 0.15) is 12.0 Å². The lowest BCUT2D eigenvalue weighted by molar-refractivity contribution is -0.157. The Labute approximate surface area is 183 Å². The second-order valence-corrected chi connectivity index (χ2v) is 7.83. The van der Waals surface area contributed by atoms with Gasteiger partial charge in [0.15, 0.2) is 0 Å². The molecule has 3 N–H and O–H groups in total. The molecule has 4 unspecified atom stereocenters. The van der Waals surface area contributed by atoms with Crippen molar-refractivity contribution in [1.29, 1.82) is 0 Å². The first-order chi connectivity index (χ1) is 14.9. The largest absolute Gasteiger partial charge is 0.455 e. The molecule has 1 aliphatic heterocycles. The molecule has 5 atom stereocenters. The number of hydrogen-bond donors (Lipinski definition) is 3. The highest BCUT2D eigenvalue weighted by Gasteiger charge is 2.34. The standard InChI is InChI=1S/C23H32N2O6/c1-15-9-7-8-12-18(21(27)24-16(2)13-26)22(28)25-19(14-30-3)20(31-23(15)29)17-10-5-4-6-11-17/h4-8,10-11,15-16,18-20,26H,9,12-14H2,1-3H3,(H,24,27)(H,25,28)/t15?,16-,18?,19?,20?/m1/s1. The molecule has 8 heteroatoms. The van der Waals surface area contributed by atoms with Crippen LogP contribution >= 0.6 is 0 Å². The van der Waals surface area contributed by atoms with Gasteiger partial charge in [-0.2, -0.15) is 0 Å². The summed E-state index contributed by atoms with van der Waals surface area (Å²) in [6.45, 7) is 3.29. The SMILES string of the molecule is COCC1NC(=O)C(C(=O)N[C@H](C)CO)CC=CCC(C)C(=O)OC1c1ccccc1. The van der Waals surface area contributed by atoms with E-state index in [4.69, 9.17) is 9.47 Å². The average molecular weight is 433 g/mol. The molecular formula is C23H32N2O6. The fraction of sp³-hybridized carbons (Fsp3) is 0.522. The van der Waals surface area contributed by atoms with Gasteiger partial charge < -0.3 is 25.2 Å². The number of allylic oxidation sites excluding steroid dienone is 2. The van der Waals surface area contributed by atoms with Crippen molar-refractivity contribution < 1.29 is 29.0 Å². The van der Waals surface area contributed by atoms with E-state index in [0.29, 0.717) is 12.0 Å².